The van der Waals surface area contributed by atoms with Gasteiger partial charge in [-0.25, -0.2) is 0 Å². The van der Waals surface area contributed by atoms with Crippen molar-refractivity contribution >= 4 is 11.8 Å². The minimum absolute atomic E-state index is 0.0259. The van der Waals surface area contributed by atoms with Crippen LogP contribution >= 0.6 is 0 Å². The van der Waals surface area contributed by atoms with Gasteiger partial charge >= 0.3 is 0 Å². The van der Waals surface area contributed by atoms with Crippen LogP contribution in [0.15, 0.2) is 0 Å². The molecule has 1 aliphatic heterocycles. The summed E-state index contributed by atoms with van der Waals surface area (Å²) in [4.78, 5) is 26.9. The van der Waals surface area contributed by atoms with Crippen molar-refractivity contribution in [2.45, 2.75) is 6.92 Å². The van der Waals surface area contributed by atoms with Gasteiger partial charge in [-0.15, -0.1) is 0 Å². The summed E-state index contributed by atoms with van der Waals surface area (Å²) in [6, 6.07) is 0. The second-order valence-corrected chi connectivity index (χ2v) is 4.11. The Kier molecular flexibility index (Phi) is 5.93. The van der Waals surface area contributed by atoms with E-state index in [1.165, 1.54) is 0 Å². The Morgan fingerprint density at radius 3 is 2.53 bits per heavy atom. The van der Waals surface area contributed by atoms with Crippen LogP contribution in [0.5, 0.6) is 0 Å². The maximum absolute atomic E-state index is 12.0. The standard InChI is InChI=1S/C11H22N4O2/c1-3-15(8-10(16)12-2)11(17)9-14-6-4-13-5-7-14/h13H,3-9H2,1-2H3,(H,12,16). The van der Waals surface area contributed by atoms with Crippen molar-refractivity contribution in [2.75, 3.05) is 52.9 Å². The Hall–Kier alpha value is -1.14. The zero-order valence-electron chi connectivity index (χ0n) is 10.7. The summed E-state index contributed by atoms with van der Waals surface area (Å²) in [5.41, 5.74) is 0. The van der Waals surface area contributed by atoms with Gasteiger partial charge in [-0.3, -0.25) is 14.5 Å². The Morgan fingerprint density at radius 2 is 2.00 bits per heavy atom. The molecule has 2 N–H and O–H groups in total. The molecule has 0 bridgehead atoms. The second-order valence-electron chi connectivity index (χ2n) is 4.11. The first-order valence-corrected chi connectivity index (χ1v) is 6.08. The summed E-state index contributed by atoms with van der Waals surface area (Å²) in [6.07, 6.45) is 0. The van der Waals surface area contributed by atoms with Gasteiger partial charge in [0, 0.05) is 39.8 Å². The molecule has 6 nitrogen and oxygen atoms in total. The lowest BCUT2D eigenvalue weighted by Crippen LogP contribution is -2.49. The van der Waals surface area contributed by atoms with E-state index < -0.39 is 0 Å². The molecule has 1 rings (SSSR count). The lowest BCUT2D eigenvalue weighted by Gasteiger charge is -2.29. The van der Waals surface area contributed by atoms with Gasteiger partial charge in [0.25, 0.3) is 0 Å². The molecule has 1 heterocycles. The molecule has 17 heavy (non-hydrogen) atoms. The van der Waals surface area contributed by atoms with Crippen LogP contribution in [0.25, 0.3) is 0 Å². The molecule has 0 aromatic rings. The monoisotopic (exact) mass is 242 g/mol. The van der Waals surface area contributed by atoms with E-state index in [9.17, 15) is 9.59 Å². The molecule has 1 aliphatic rings. The molecule has 6 heteroatoms. The molecule has 0 saturated carbocycles. The number of rotatable bonds is 5. The highest BCUT2D eigenvalue weighted by Gasteiger charge is 2.19. The molecule has 0 aromatic heterocycles. The predicted octanol–water partition coefficient (Wildman–Crippen LogP) is -1.51. The first kappa shape index (κ1) is 13.9. The summed E-state index contributed by atoms with van der Waals surface area (Å²) >= 11 is 0. The Morgan fingerprint density at radius 1 is 1.35 bits per heavy atom. The highest BCUT2D eigenvalue weighted by molar-refractivity contribution is 5.85. The molecular formula is C11H22N4O2. The predicted molar refractivity (Wildman–Crippen MR) is 65.6 cm³/mol. The number of carbonyl (C=O) groups is 2. The van der Waals surface area contributed by atoms with Crippen molar-refractivity contribution in [3.05, 3.63) is 0 Å². The summed E-state index contributed by atoms with van der Waals surface area (Å²) < 4.78 is 0. The van der Waals surface area contributed by atoms with Crippen LogP contribution in [0, 0.1) is 0 Å². The third kappa shape index (κ3) is 4.70. The fourth-order valence-corrected chi connectivity index (χ4v) is 1.79. The maximum Gasteiger partial charge on any atom is 0.239 e. The van der Waals surface area contributed by atoms with Gasteiger partial charge in [0.05, 0.1) is 13.1 Å². The second kappa shape index (κ2) is 7.24. The molecule has 0 aliphatic carbocycles. The maximum atomic E-state index is 12.0. The minimum Gasteiger partial charge on any atom is -0.358 e. The smallest absolute Gasteiger partial charge is 0.239 e. The normalized spacial score (nSPS) is 16.6. The number of hydrogen-bond donors (Lipinski definition) is 2. The van der Waals surface area contributed by atoms with Crippen molar-refractivity contribution in [3.63, 3.8) is 0 Å². The fourth-order valence-electron chi connectivity index (χ4n) is 1.79. The molecule has 0 atom stereocenters. The van der Waals surface area contributed by atoms with Gasteiger partial charge in [-0.05, 0) is 6.92 Å². The molecular weight excluding hydrogens is 220 g/mol. The van der Waals surface area contributed by atoms with Crippen molar-refractivity contribution in [2.24, 2.45) is 0 Å². The average molecular weight is 242 g/mol. The van der Waals surface area contributed by atoms with Gasteiger partial charge in [0.15, 0.2) is 0 Å². The van der Waals surface area contributed by atoms with Crippen LogP contribution in [0.1, 0.15) is 6.92 Å². The van der Waals surface area contributed by atoms with Crippen molar-refractivity contribution in [1.82, 2.24) is 20.4 Å². The zero-order valence-corrected chi connectivity index (χ0v) is 10.7. The van der Waals surface area contributed by atoms with E-state index in [1.807, 2.05) is 6.92 Å². The van der Waals surface area contributed by atoms with Crippen molar-refractivity contribution < 1.29 is 9.59 Å². The molecule has 0 aromatic carbocycles. The molecule has 98 valence electrons. The summed E-state index contributed by atoms with van der Waals surface area (Å²) in [5, 5.41) is 5.77. The van der Waals surface area contributed by atoms with E-state index in [1.54, 1.807) is 11.9 Å². The van der Waals surface area contributed by atoms with Crippen LogP contribution in [-0.2, 0) is 9.59 Å². The lowest BCUT2D eigenvalue weighted by molar-refractivity contribution is -0.136. The third-order valence-corrected chi connectivity index (χ3v) is 2.92. The number of amides is 2. The highest BCUT2D eigenvalue weighted by atomic mass is 16.2. The Labute approximate surface area is 102 Å². The first-order chi connectivity index (χ1) is 8.17. The van der Waals surface area contributed by atoms with Crippen LogP contribution in [0.4, 0.5) is 0 Å². The molecule has 1 fully saturated rings. The van der Waals surface area contributed by atoms with E-state index >= 15 is 0 Å². The minimum atomic E-state index is -0.125. The van der Waals surface area contributed by atoms with E-state index in [-0.39, 0.29) is 18.4 Å². The fraction of sp³-hybridized carbons (Fsp3) is 0.818. The molecule has 0 radical (unpaired) electrons. The summed E-state index contributed by atoms with van der Waals surface area (Å²) in [7, 11) is 1.58. The number of piperazine rings is 1. The topological polar surface area (TPSA) is 64.7 Å². The van der Waals surface area contributed by atoms with E-state index in [0.717, 1.165) is 26.2 Å². The molecule has 1 saturated heterocycles. The largest absolute Gasteiger partial charge is 0.358 e. The number of carbonyl (C=O) groups excluding carboxylic acids is 2. The number of likely N-dealkylation sites (N-methyl/N-ethyl adjacent to an activating group) is 2. The van der Waals surface area contributed by atoms with Gasteiger partial charge in [0.2, 0.25) is 11.8 Å². The molecule has 2 amide bonds. The average Bonchev–Trinajstić information content (AvgIpc) is 2.36. The quantitative estimate of drug-likeness (QED) is 0.615. The SMILES string of the molecule is CCN(CC(=O)NC)C(=O)CN1CCNCC1. The summed E-state index contributed by atoms with van der Waals surface area (Å²) in [5.74, 6) is -0.0986. The number of nitrogens with one attached hydrogen (secondary N) is 2. The third-order valence-electron chi connectivity index (χ3n) is 2.92. The van der Waals surface area contributed by atoms with Crippen molar-refractivity contribution in [1.29, 1.82) is 0 Å². The highest BCUT2D eigenvalue weighted by Crippen LogP contribution is 1.96. The van der Waals surface area contributed by atoms with Crippen LogP contribution in [0.3, 0.4) is 0 Å². The number of hydrogen-bond acceptors (Lipinski definition) is 4. The van der Waals surface area contributed by atoms with Crippen LogP contribution < -0.4 is 10.6 Å². The Bertz CT molecular complexity index is 264. The lowest BCUT2D eigenvalue weighted by atomic mass is 10.3. The van der Waals surface area contributed by atoms with E-state index in [2.05, 4.69) is 15.5 Å². The zero-order chi connectivity index (χ0) is 12.7. The molecule has 0 spiro atoms. The van der Waals surface area contributed by atoms with Gasteiger partial charge in [-0.1, -0.05) is 0 Å². The Balaban J connectivity index is 2.39. The van der Waals surface area contributed by atoms with Gasteiger partial charge < -0.3 is 15.5 Å². The van der Waals surface area contributed by atoms with Crippen molar-refractivity contribution in [3.8, 4) is 0 Å². The van der Waals surface area contributed by atoms with Gasteiger partial charge in [0.1, 0.15) is 0 Å². The van der Waals surface area contributed by atoms with Crippen LogP contribution in [-0.4, -0.2) is 74.5 Å². The first-order valence-electron chi connectivity index (χ1n) is 6.08. The van der Waals surface area contributed by atoms with E-state index in [4.69, 9.17) is 0 Å². The van der Waals surface area contributed by atoms with E-state index in [0.29, 0.717) is 13.1 Å². The van der Waals surface area contributed by atoms with Gasteiger partial charge in [-0.2, -0.15) is 0 Å². The molecule has 0 unspecified atom stereocenters. The van der Waals surface area contributed by atoms with Crippen LogP contribution in [0.2, 0.25) is 0 Å². The summed E-state index contributed by atoms with van der Waals surface area (Å²) in [6.45, 7) is 6.65. The number of nitrogens with zero attached hydrogens (tertiary/aromatic N) is 2.